The van der Waals surface area contributed by atoms with Gasteiger partial charge in [0.2, 0.25) is 0 Å². The smallest absolute Gasteiger partial charge is 0.377 e. The molecule has 0 N–H and O–H groups in total. The largest absolute Gasteiger partial charge is 0.383 e. The van der Waals surface area contributed by atoms with E-state index in [1.54, 1.807) is 6.92 Å². The Morgan fingerprint density at radius 1 is 1.50 bits per heavy atom. The lowest BCUT2D eigenvalue weighted by atomic mass is 10.2. The van der Waals surface area contributed by atoms with Gasteiger partial charge in [0.05, 0.1) is 6.10 Å². The maximum atomic E-state index is 12.8. The topological polar surface area (TPSA) is 29.5 Å². The first-order chi connectivity index (χ1) is 7.35. The Kier molecular flexibility index (Phi) is 4.12. The first-order valence-corrected chi connectivity index (χ1v) is 4.92. The second-order valence-corrected chi connectivity index (χ2v) is 3.71. The third kappa shape index (κ3) is 2.84. The van der Waals surface area contributed by atoms with Crippen molar-refractivity contribution in [2.75, 3.05) is 19.7 Å². The van der Waals surface area contributed by atoms with E-state index in [-0.39, 0.29) is 13.1 Å². The number of alkyl halides is 4. The number of rotatable bonds is 2. The normalized spacial score (nSPS) is 23.4. The molecule has 16 heavy (non-hydrogen) atoms. The van der Waals surface area contributed by atoms with Crippen molar-refractivity contribution in [2.45, 2.75) is 31.8 Å². The van der Waals surface area contributed by atoms with Crippen molar-refractivity contribution in [3.05, 3.63) is 0 Å². The summed E-state index contributed by atoms with van der Waals surface area (Å²) in [6.45, 7) is 1.88. The first kappa shape index (κ1) is 13.2. The molecule has 94 valence electrons. The van der Waals surface area contributed by atoms with Gasteiger partial charge in [-0.15, -0.1) is 0 Å². The maximum Gasteiger partial charge on any atom is 0.383 e. The molecule has 3 nitrogen and oxygen atoms in total. The van der Waals surface area contributed by atoms with Crippen LogP contribution in [0.3, 0.4) is 0 Å². The van der Waals surface area contributed by atoms with Crippen molar-refractivity contribution in [2.24, 2.45) is 0 Å². The lowest BCUT2D eigenvalue weighted by Crippen LogP contribution is -2.49. The number of halogens is 4. The molecule has 7 heteroatoms. The zero-order valence-corrected chi connectivity index (χ0v) is 8.76. The lowest BCUT2D eigenvalue weighted by Gasteiger charge is -2.26. The highest BCUT2D eigenvalue weighted by atomic mass is 19.3. The third-order valence-electron chi connectivity index (χ3n) is 2.30. The molecule has 0 spiro atoms. The Labute approximate surface area is 90.3 Å². The Morgan fingerprint density at radius 2 is 2.12 bits per heavy atom. The summed E-state index contributed by atoms with van der Waals surface area (Å²) in [5, 5.41) is 0. The summed E-state index contributed by atoms with van der Waals surface area (Å²) in [6.07, 6.45) is -4.02. The van der Waals surface area contributed by atoms with Gasteiger partial charge in [-0.1, -0.05) is 0 Å². The van der Waals surface area contributed by atoms with Gasteiger partial charge >= 0.3 is 12.3 Å². The molecule has 1 rings (SSSR count). The van der Waals surface area contributed by atoms with Gasteiger partial charge in [0, 0.05) is 19.7 Å². The van der Waals surface area contributed by atoms with Crippen LogP contribution < -0.4 is 0 Å². The summed E-state index contributed by atoms with van der Waals surface area (Å²) < 4.78 is 54.7. The number of hydrogen-bond donors (Lipinski definition) is 0. The third-order valence-corrected chi connectivity index (χ3v) is 2.30. The fraction of sp³-hybridized carbons (Fsp3) is 0.889. The van der Waals surface area contributed by atoms with Gasteiger partial charge in [0.1, 0.15) is 0 Å². The summed E-state index contributed by atoms with van der Waals surface area (Å²) in [4.78, 5) is 11.9. The Balaban J connectivity index is 2.72. The minimum absolute atomic E-state index is 0.0193. The summed E-state index contributed by atoms with van der Waals surface area (Å²) in [6, 6.07) is 0. The fourth-order valence-corrected chi connectivity index (χ4v) is 1.48. The van der Waals surface area contributed by atoms with E-state index in [4.69, 9.17) is 4.74 Å². The van der Waals surface area contributed by atoms with E-state index in [1.165, 1.54) is 0 Å². The monoisotopic (exact) mass is 243 g/mol. The molecule has 1 heterocycles. The molecule has 1 aliphatic heterocycles. The van der Waals surface area contributed by atoms with Gasteiger partial charge in [-0.3, -0.25) is 4.79 Å². The molecule has 0 bridgehead atoms. The second-order valence-electron chi connectivity index (χ2n) is 3.71. The van der Waals surface area contributed by atoms with Crippen LogP contribution in [0.4, 0.5) is 17.6 Å². The molecule has 0 aromatic carbocycles. The molecular formula is C9H13F4NO2. The molecule has 1 fully saturated rings. The number of hydrogen-bond acceptors (Lipinski definition) is 2. The Hall–Kier alpha value is -0.850. The molecule has 1 aliphatic rings. The van der Waals surface area contributed by atoms with Crippen LogP contribution in [0.1, 0.15) is 13.3 Å². The van der Waals surface area contributed by atoms with Crippen LogP contribution in [0.5, 0.6) is 0 Å². The van der Waals surface area contributed by atoms with Crippen molar-refractivity contribution >= 4 is 5.91 Å². The van der Waals surface area contributed by atoms with E-state index in [9.17, 15) is 22.4 Å². The average Bonchev–Trinajstić information content (AvgIpc) is 2.41. The van der Waals surface area contributed by atoms with Crippen LogP contribution in [0.15, 0.2) is 0 Å². The molecule has 0 aliphatic carbocycles. The Bertz CT molecular complexity index is 260. The summed E-state index contributed by atoms with van der Waals surface area (Å²) >= 11 is 0. The molecule has 1 atom stereocenters. The van der Waals surface area contributed by atoms with Crippen LogP contribution in [-0.4, -0.2) is 49.0 Å². The number of carbonyl (C=O) groups is 1. The van der Waals surface area contributed by atoms with Gasteiger partial charge in [0.25, 0.3) is 5.91 Å². The number of carbonyl (C=O) groups excluding carboxylic acids is 1. The van der Waals surface area contributed by atoms with Gasteiger partial charge in [-0.05, 0) is 13.3 Å². The fourth-order valence-electron chi connectivity index (χ4n) is 1.48. The van der Waals surface area contributed by atoms with Crippen LogP contribution >= 0.6 is 0 Å². The van der Waals surface area contributed by atoms with Crippen LogP contribution in [0, 0.1) is 0 Å². The standard InChI is InChI=1S/C9H13F4NO2/c1-6-5-14(3-2-4-16-6)8(15)9(12,13)7(10)11/h6-7H,2-5H2,1H3. The maximum absolute atomic E-state index is 12.8. The average molecular weight is 243 g/mol. The predicted octanol–water partition coefficient (Wildman–Crippen LogP) is 1.52. The highest BCUT2D eigenvalue weighted by Crippen LogP contribution is 2.26. The van der Waals surface area contributed by atoms with E-state index in [0.717, 1.165) is 4.90 Å². The van der Waals surface area contributed by atoms with E-state index in [1.807, 2.05) is 0 Å². The highest BCUT2D eigenvalue weighted by molar-refractivity contribution is 5.84. The summed E-state index contributed by atoms with van der Waals surface area (Å²) in [5.74, 6) is -6.43. The molecule has 0 aromatic heterocycles. The predicted molar refractivity (Wildman–Crippen MR) is 47.6 cm³/mol. The Morgan fingerprint density at radius 3 is 2.69 bits per heavy atom. The number of amides is 1. The number of ether oxygens (including phenoxy) is 1. The molecule has 1 unspecified atom stereocenters. The summed E-state index contributed by atoms with van der Waals surface area (Å²) in [5.41, 5.74) is 0. The zero-order valence-electron chi connectivity index (χ0n) is 8.76. The summed E-state index contributed by atoms with van der Waals surface area (Å²) in [7, 11) is 0. The van der Waals surface area contributed by atoms with Gasteiger partial charge < -0.3 is 9.64 Å². The SMILES string of the molecule is CC1CN(C(=O)C(F)(F)C(F)F)CCCO1. The zero-order chi connectivity index (χ0) is 12.3. The molecular weight excluding hydrogens is 230 g/mol. The van der Waals surface area contributed by atoms with Gasteiger partial charge in [-0.2, -0.15) is 8.78 Å². The first-order valence-electron chi connectivity index (χ1n) is 4.92. The molecule has 1 saturated heterocycles. The number of nitrogens with zero attached hydrogens (tertiary/aromatic N) is 1. The van der Waals surface area contributed by atoms with E-state index in [2.05, 4.69) is 0 Å². The molecule has 0 aromatic rings. The minimum Gasteiger partial charge on any atom is -0.377 e. The lowest BCUT2D eigenvalue weighted by molar-refractivity contribution is -0.181. The van der Waals surface area contributed by atoms with Crippen molar-refractivity contribution < 1.29 is 27.1 Å². The molecule has 1 amide bonds. The molecule has 0 radical (unpaired) electrons. The quantitative estimate of drug-likeness (QED) is 0.688. The van der Waals surface area contributed by atoms with Crippen molar-refractivity contribution in [1.82, 2.24) is 4.90 Å². The van der Waals surface area contributed by atoms with Crippen molar-refractivity contribution in [1.29, 1.82) is 0 Å². The van der Waals surface area contributed by atoms with Gasteiger partial charge in [-0.25, -0.2) is 8.78 Å². The van der Waals surface area contributed by atoms with Crippen LogP contribution in [0.25, 0.3) is 0 Å². The van der Waals surface area contributed by atoms with Gasteiger partial charge in [0.15, 0.2) is 0 Å². The van der Waals surface area contributed by atoms with E-state index >= 15 is 0 Å². The van der Waals surface area contributed by atoms with E-state index in [0.29, 0.717) is 13.0 Å². The van der Waals surface area contributed by atoms with Crippen LogP contribution in [-0.2, 0) is 9.53 Å². The minimum atomic E-state index is -4.61. The van der Waals surface area contributed by atoms with Crippen LogP contribution in [0.2, 0.25) is 0 Å². The highest BCUT2D eigenvalue weighted by Gasteiger charge is 2.51. The second kappa shape index (κ2) is 4.99. The molecule has 0 saturated carbocycles. The van der Waals surface area contributed by atoms with Crippen molar-refractivity contribution in [3.63, 3.8) is 0 Å². The van der Waals surface area contributed by atoms with E-state index < -0.39 is 24.4 Å². The van der Waals surface area contributed by atoms with Crippen molar-refractivity contribution in [3.8, 4) is 0 Å².